The molecule has 1 N–H and O–H groups in total. The van der Waals surface area contributed by atoms with E-state index in [-0.39, 0.29) is 61.3 Å². The number of nitrogens with one attached hydrogen (secondary N) is 1. The number of tetrazole rings is 1. The molecule has 0 atom stereocenters. The van der Waals surface area contributed by atoms with Crippen LogP contribution in [0.3, 0.4) is 0 Å². The number of carbonyl (C=O) groups is 1. The normalized spacial score (nSPS) is 11.7. The van der Waals surface area contributed by atoms with Crippen LogP contribution >= 0.6 is 0 Å². The maximum atomic E-state index is 15.9. The average Bonchev–Trinajstić information content (AvgIpc) is 4.13. The van der Waals surface area contributed by atoms with Crippen LogP contribution in [-0.2, 0) is 48.9 Å². The number of H-pyrrole nitrogens is 1. The Morgan fingerprint density at radius 2 is 1.03 bits per heavy atom. The Hall–Kier alpha value is -8.68. The second-order valence-electron chi connectivity index (χ2n) is 17.7. The topological polar surface area (TPSA) is 163 Å². The van der Waals surface area contributed by atoms with E-state index in [0.717, 1.165) is 21.5 Å². The number of hydrogen-bond acceptors (Lipinski definition) is 11. The number of ether oxygens (including phenoxy) is 5. The van der Waals surface area contributed by atoms with Crippen molar-refractivity contribution in [1.82, 2.24) is 34.4 Å². The summed E-state index contributed by atoms with van der Waals surface area (Å²) in [4.78, 5) is 18.8. The van der Waals surface area contributed by atoms with Crippen LogP contribution < -0.4 is 23.7 Å². The van der Waals surface area contributed by atoms with Crippen LogP contribution in [0.25, 0.3) is 33.4 Å². The molecule has 0 saturated carbocycles. The number of para-hydroxylation sites is 1. The maximum Gasteiger partial charge on any atom is 0.417 e. The second kappa shape index (κ2) is 22.4. The van der Waals surface area contributed by atoms with Gasteiger partial charge in [0.05, 0.1) is 53.2 Å². The van der Waals surface area contributed by atoms with E-state index in [4.69, 9.17) is 23.7 Å². The fraction of sp³-hybridized carbons (Fsp3) is 0.193. The molecule has 0 bridgehead atoms. The minimum absolute atomic E-state index is 0.0333. The van der Waals surface area contributed by atoms with Crippen LogP contribution in [0.2, 0.25) is 0 Å². The van der Waals surface area contributed by atoms with Crippen LogP contribution in [0.15, 0.2) is 163 Å². The van der Waals surface area contributed by atoms with Crippen LogP contribution in [-0.4, -0.2) is 84.3 Å². The van der Waals surface area contributed by atoms with Gasteiger partial charge in [0.1, 0.15) is 39.3 Å². The van der Waals surface area contributed by atoms with Gasteiger partial charge < -0.3 is 33.6 Å². The first-order valence-electron chi connectivity index (χ1n) is 23.8. The minimum Gasteiger partial charge on any atom is -0.497 e. The summed E-state index contributed by atoms with van der Waals surface area (Å²) in [5.74, 6) is 2.19. The Balaban J connectivity index is 1.24. The molecule has 0 spiro atoms. The Morgan fingerprint density at radius 1 is 0.579 bits per heavy atom. The smallest absolute Gasteiger partial charge is 0.417 e. The van der Waals surface area contributed by atoms with Crippen molar-refractivity contribution in [1.29, 1.82) is 0 Å². The lowest BCUT2D eigenvalue weighted by Crippen LogP contribution is -2.32. The lowest BCUT2D eigenvalue weighted by atomic mass is 9.95. The van der Waals surface area contributed by atoms with E-state index in [2.05, 4.69) is 20.5 Å². The number of sulfonamides is 1. The molecule has 1 amide bonds. The van der Waals surface area contributed by atoms with Crippen molar-refractivity contribution < 1.29 is 50.1 Å². The number of nitrogens with zero attached hydrogens (tertiary/aromatic N) is 6. The van der Waals surface area contributed by atoms with Crippen molar-refractivity contribution >= 4 is 26.8 Å². The van der Waals surface area contributed by atoms with Crippen LogP contribution in [0, 0.1) is 0 Å². The number of carbonyl (C=O) groups excluding carboxylic acids is 1. The molecule has 15 nitrogen and oxygen atoms in total. The number of halogens is 3. The van der Waals surface area contributed by atoms with Gasteiger partial charge in [0, 0.05) is 42.7 Å². The predicted molar refractivity (Wildman–Crippen MR) is 280 cm³/mol. The van der Waals surface area contributed by atoms with E-state index < -0.39 is 32.2 Å². The molecule has 7 aromatic carbocycles. The number of aromatic nitrogens is 5. The van der Waals surface area contributed by atoms with Crippen LogP contribution in [0.5, 0.6) is 28.7 Å². The molecule has 2 aromatic heterocycles. The fourth-order valence-electron chi connectivity index (χ4n) is 8.91. The van der Waals surface area contributed by atoms with Gasteiger partial charge in [0.15, 0.2) is 5.82 Å². The van der Waals surface area contributed by atoms with Crippen molar-refractivity contribution in [3.63, 3.8) is 0 Å². The summed E-state index contributed by atoms with van der Waals surface area (Å²) in [5, 5.41) is 13.0. The number of benzene rings is 7. The summed E-state index contributed by atoms with van der Waals surface area (Å²) in [6.07, 6.45) is -5.22. The number of fused-ring (bicyclic) bond motifs is 1. The van der Waals surface area contributed by atoms with Crippen LogP contribution in [0.4, 0.5) is 13.2 Å². The Morgan fingerprint density at radius 3 is 1.47 bits per heavy atom. The Bertz CT molecular complexity index is 3470. The highest BCUT2D eigenvalue weighted by atomic mass is 32.2. The second-order valence-corrected chi connectivity index (χ2v) is 19.5. The molecule has 9 rings (SSSR count). The molecule has 2 heterocycles. The zero-order valence-corrected chi connectivity index (χ0v) is 42.9. The number of alkyl halides is 3. The minimum atomic E-state index is -5.23. The van der Waals surface area contributed by atoms with Gasteiger partial charge >= 0.3 is 6.18 Å². The lowest BCUT2D eigenvalue weighted by molar-refractivity contribution is -0.139. The molecular formula is C57H52F3N7O8S. The average molecular weight is 1050 g/mol. The van der Waals surface area contributed by atoms with Gasteiger partial charge in [-0.1, -0.05) is 84.9 Å². The van der Waals surface area contributed by atoms with Crippen molar-refractivity contribution in [3.8, 4) is 51.3 Å². The third kappa shape index (κ3) is 11.3. The number of amides is 1. The molecule has 0 radical (unpaired) electrons. The van der Waals surface area contributed by atoms with Crippen molar-refractivity contribution in [2.75, 3.05) is 35.5 Å². The zero-order valence-electron chi connectivity index (χ0n) is 42.0. The van der Waals surface area contributed by atoms with Crippen LogP contribution in [0.1, 0.15) is 43.9 Å². The standard InChI is InChI=1S/C57H52F3N7O8S/c1-71-43-19-9-37(10-20-43)32-65(33-38-11-21-44(72-2)22-12-38)56(68)51-31-42-7-6-8-49(53(42)61-51)48-29-30-50(57(58,59)60)54(52(48)55-62-63-64-67(55)36-41-17-27-47(75-5)28-18-41)76(69,70)66(34-39-13-23-45(73-3)24-14-39)35-40-15-25-46(74-4)26-16-40/h6-31,61H,32-36H2,1-5H3. The fourth-order valence-corrected chi connectivity index (χ4v) is 10.7. The molecule has 9 aromatic rings. The number of hydrogen-bond donors (Lipinski definition) is 1. The highest BCUT2D eigenvalue weighted by molar-refractivity contribution is 7.89. The van der Waals surface area contributed by atoms with Gasteiger partial charge in [-0.2, -0.15) is 17.5 Å². The van der Waals surface area contributed by atoms with E-state index in [1.165, 1.54) is 32.1 Å². The highest BCUT2D eigenvalue weighted by Gasteiger charge is 2.43. The summed E-state index contributed by atoms with van der Waals surface area (Å²) >= 11 is 0. The van der Waals surface area contributed by atoms with Crippen molar-refractivity contribution in [2.45, 2.75) is 43.8 Å². The van der Waals surface area contributed by atoms with Gasteiger partial charge in [-0.25, -0.2) is 13.1 Å². The summed E-state index contributed by atoms with van der Waals surface area (Å²) in [7, 11) is 2.40. The van der Waals surface area contributed by atoms with Gasteiger partial charge in [-0.3, -0.25) is 4.79 Å². The molecule has 0 aliphatic rings. The molecule has 0 aliphatic carbocycles. The van der Waals surface area contributed by atoms with Gasteiger partial charge in [-0.15, -0.1) is 5.10 Å². The lowest BCUT2D eigenvalue weighted by Gasteiger charge is -2.27. The van der Waals surface area contributed by atoms with E-state index in [0.29, 0.717) is 56.3 Å². The van der Waals surface area contributed by atoms with E-state index in [1.807, 2.05) is 24.3 Å². The molecule has 0 fully saturated rings. The quantitative estimate of drug-likeness (QED) is 0.0773. The first kappa shape index (κ1) is 52.2. The summed E-state index contributed by atoms with van der Waals surface area (Å²) in [6.45, 7) is -0.384. The zero-order chi connectivity index (χ0) is 53.6. The van der Waals surface area contributed by atoms with E-state index in [9.17, 15) is 4.79 Å². The molecular weight excluding hydrogens is 1000 g/mol. The first-order chi connectivity index (χ1) is 36.7. The Kier molecular flexibility index (Phi) is 15.4. The van der Waals surface area contributed by atoms with Gasteiger partial charge in [0.2, 0.25) is 10.0 Å². The highest BCUT2D eigenvalue weighted by Crippen LogP contribution is 2.47. The first-order valence-corrected chi connectivity index (χ1v) is 25.2. The maximum absolute atomic E-state index is 15.9. The molecule has 0 saturated heterocycles. The number of methoxy groups -OCH3 is 5. The van der Waals surface area contributed by atoms with Gasteiger partial charge in [0.25, 0.3) is 5.91 Å². The van der Waals surface area contributed by atoms with E-state index in [1.54, 1.807) is 140 Å². The predicted octanol–water partition coefficient (Wildman–Crippen LogP) is 10.8. The van der Waals surface area contributed by atoms with Crippen molar-refractivity contribution in [3.05, 3.63) is 197 Å². The Labute approximate surface area is 437 Å². The largest absolute Gasteiger partial charge is 0.497 e. The van der Waals surface area contributed by atoms with Gasteiger partial charge in [-0.05, 0) is 117 Å². The van der Waals surface area contributed by atoms with E-state index >= 15 is 21.6 Å². The SMILES string of the molecule is COc1ccc(CN(Cc2ccc(OC)cc2)C(=O)c2cc3cccc(-c4ccc(C(F)(F)F)c(S(=O)(=O)N(Cc5ccc(OC)cc5)Cc5ccc(OC)cc5)c4-c4nnnn4Cc4ccc(OC)cc4)c3[nH]2)cc1. The molecule has 390 valence electrons. The van der Waals surface area contributed by atoms with Crippen molar-refractivity contribution in [2.24, 2.45) is 0 Å². The molecule has 19 heteroatoms. The molecule has 0 aliphatic heterocycles. The third-order valence-corrected chi connectivity index (χ3v) is 14.8. The summed E-state index contributed by atoms with van der Waals surface area (Å²) < 4.78 is 109. The monoisotopic (exact) mass is 1050 g/mol. The summed E-state index contributed by atoms with van der Waals surface area (Å²) in [6, 6.07) is 43.5. The number of aromatic amines is 1. The summed E-state index contributed by atoms with van der Waals surface area (Å²) in [5.41, 5.74) is 2.16. The number of rotatable bonds is 20. The third-order valence-electron chi connectivity index (χ3n) is 12.9. The molecule has 76 heavy (non-hydrogen) atoms. The molecule has 0 unspecified atom stereocenters.